The third kappa shape index (κ3) is 4.15. The van der Waals surface area contributed by atoms with Crippen LogP contribution in [0.1, 0.15) is 20.8 Å². The predicted molar refractivity (Wildman–Crippen MR) is 107 cm³/mol. The minimum absolute atomic E-state index is 0.201. The summed E-state index contributed by atoms with van der Waals surface area (Å²) in [6, 6.07) is 13.8. The van der Waals surface area contributed by atoms with E-state index in [0.29, 0.717) is 15.8 Å². The molecular formula is C20H15FN2O2S2. The van der Waals surface area contributed by atoms with Gasteiger partial charge < -0.3 is 4.74 Å². The molecule has 27 heavy (non-hydrogen) atoms. The number of aryl methyl sites for hydroxylation is 1. The van der Waals surface area contributed by atoms with Crippen molar-refractivity contribution in [3.05, 3.63) is 75.7 Å². The van der Waals surface area contributed by atoms with Gasteiger partial charge in [-0.1, -0.05) is 23.5 Å². The van der Waals surface area contributed by atoms with E-state index in [-0.39, 0.29) is 18.3 Å². The van der Waals surface area contributed by atoms with E-state index in [0.717, 1.165) is 21.3 Å². The van der Waals surface area contributed by atoms with Crippen LogP contribution in [0, 0.1) is 12.7 Å². The number of fused-ring (bicyclic) bond motifs is 1. The normalized spacial score (nSPS) is 10.9. The predicted octanol–water partition coefficient (Wildman–Crippen LogP) is 5.64. The van der Waals surface area contributed by atoms with E-state index in [1.165, 1.54) is 34.8 Å². The standard InChI is InChI=1S/C20H15FN2O2S2/c1-12-5-6-16-17(7-12)27-20(22-16)23-19(24)18-8-13(11-26-18)10-25-15-4-2-3-14(21)9-15/h2-9,11H,10H2,1H3,(H,22,23,24). The molecule has 0 aliphatic heterocycles. The lowest BCUT2D eigenvalue weighted by atomic mass is 10.2. The summed E-state index contributed by atoms with van der Waals surface area (Å²) < 4.78 is 19.8. The molecule has 0 fully saturated rings. The van der Waals surface area contributed by atoms with Crippen LogP contribution in [0.25, 0.3) is 10.2 Å². The molecule has 4 nitrogen and oxygen atoms in total. The average molecular weight is 398 g/mol. The maximum absolute atomic E-state index is 13.2. The fourth-order valence-electron chi connectivity index (χ4n) is 2.54. The van der Waals surface area contributed by atoms with Gasteiger partial charge in [-0.2, -0.15) is 0 Å². The highest BCUT2D eigenvalue weighted by molar-refractivity contribution is 7.22. The number of benzene rings is 2. The minimum atomic E-state index is -0.344. The number of hydrogen-bond donors (Lipinski definition) is 1. The Morgan fingerprint density at radius 1 is 1.22 bits per heavy atom. The minimum Gasteiger partial charge on any atom is -0.489 e. The molecule has 0 unspecified atom stereocenters. The summed E-state index contributed by atoms with van der Waals surface area (Å²) in [5.74, 6) is -0.0892. The monoisotopic (exact) mass is 398 g/mol. The number of ether oxygens (including phenoxy) is 1. The van der Waals surface area contributed by atoms with Crippen LogP contribution in [0.3, 0.4) is 0 Å². The van der Waals surface area contributed by atoms with Crippen LogP contribution in [0.2, 0.25) is 0 Å². The Hall–Kier alpha value is -2.77. The molecule has 0 aliphatic rings. The first-order chi connectivity index (χ1) is 13.1. The fraction of sp³-hybridized carbons (Fsp3) is 0.100. The van der Waals surface area contributed by atoms with Crippen molar-refractivity contribution in [2.75, 3.05) is 5.32 Å². The van der Waals surface area contributed by atoms with Crippen molar-refractivity contribution >= 4 is 43.9 Å². The zero-order valence-electron chi connectivity index (χ0n) is 14.4. The lowest BCUT2D eigenvalue weighted by molar-refractivity contribution is 0.103. The molecule has 2 heterocycles. The van der Waals surface area contributed by atoms with Crippen LogP contribution in [0.15, 0.2) is 53.9 Å². The topological polar surface area (TPSA) is 51.2 Å². The molecule has 7 heteroatoms. The van der Waals surface area contributed by atoms with Gasteiger partial charge in [-0.05, 0) is 48.2 Å². The zero-order valence-corrected chi connectivity index (χ0v) is 16.0. The molecule has 0 atom stereocenters. The maximum atomic E-state index is 13.2. The molecule has 2 aromatic heterocycles. The Morgan fingerprint density at radius 2 is 2.11 bits per heavy atom. The number of carbonyl (C=O) groups excluding carboxylic acids is 1. The Balaban J connectivity index is 1.41. The first-order valence-electron chi connectivity index (χ1n) is 8.21. The SMILES string of the molecule is Cc1ccc2nc(NC(=O)c3cc(COc4cccc(F)c4)cs3)sc2c1. The molecule has 4 rings (SSSR count). The highest BCUT2D eigenvalue weighted by Crippen LogP contribution is 2.27. The molecule has 0 saturated heterocycles. The van der Waals surface area contributed by atoms with Gasteiger partial charge in [-0.25, -0.2) is 9.37 Å². The van der Waals surface area contributed by atoms with Gasteiger partial charge in [0.05, 0.1) is 15.1 Å². The van der Waals surface area contributed by atoms with Crippen molar-refractivity contribution in [2.45, 2.75) is 13.5 Å². The second-order valence-corrected chi connectivity index (χ2v) is 7.95. The molecule has 1 N–H and O–H groups in total. The zero-order chi connectivity index (χ0) is 18.8. The third-order valence-electron chi connectivity index (χ3n) is 3.84. The lowest BCUT2D eigenvalue weighted by Crippen LogP contribution is -2.09. The van der Waals surface area contributed by atoms with E-state index in [4.69, 9.17) is 4.74 Å². The molecule has 0 saturated carbocycles. The largest absolute Gasteiger partial charge is 0.489 e. The second kappa shape index (κ2) is 7.46. The number of thiophene rings is 1. The first kappa shape index (κ1) is 17.6. The molecule has 4 aromatic rings. The summed E-state index contributed by atoms with van der Waals surface area (Å²) in [5.41, 5.74) is 2.89. The molecule has 136 valence electrons. The lowest BCUT2D eigenvalue weighted by Gasteiger charge is -2.04. The van der Waals surface area contributed by atoms with Crippen molar-refractivity contribution in [3.63, 3.8) is 0 Å². The number of aromatic nitrogens is 1. The van der Waals surface area contributed by atoms with Crippen molar-refractivity contribution in [3.8, 4) is 5.75 Å². The highest BCUT2D eigenvalue weighted by atomic mass is 32.1. The van der Waals surface area contributed by atoms with Gasteiger partial charge in [0.2, 0.25) is 0 Å². The summed E-state index contributed by atoms with van der Waals surface area (Å²) in [7, 11) is 0. The Kier molecular flexibility index (Phi) is 4.87. The quantitative estimate of drug-likeness (QED) is 0.473. The van der Waals surface area contributed by atoms with Gasteiger partial charge >= 0.3 is 0 Å². The van der Waals surface area contributed by atoms with Crippen molar-refractivity contribution < 1.29 is 13.9 Å². The van der Waals surface area contributed by atoms with E-state index in [1.807, 2.05) is 24.4 Å². The summed E-state index contributed by atoms with van der Waals surface area (Å²) in [4.78, 5) is 17.5. The van der Waals surface area contributed by atoms with Crippen LogP contribution in [-0.4, -0.2) is 10.9 Å². The Morgan fingerprint density at radius 3 is 2.96 bits per heavy atom. The number of amides is 1. The van der Waals surface area contributed by atoms with Crippen LogP contribution < -0.4 is 10.1 Å². The van der Waals surface area contributed by atoms with Gasteiger partial charge in [0.25, 0.3) is 5.91 Å². The van der Waals surface area contributed by atoms with Crippen LogP contribution >= 0.6 is 22.7 Å². The average Bonchev–Trinajstić information content (AvgIpc) is 3.26. The van der Waals surface area contributed by atoms with E-state index in [9.17, 15) is 9.18 Å². The molecule has 0 aliphatic carbocycles. The Bertz CT molecular complexity index is 1120. The van der Waals surface area contributed by atoms with E-state index in [2.05, 4.69) is 16.4 Å². The molecular weight excluding hydrogens is 383 g/mol. The maximum Gasteiger partial charge on any atom is 0.267 e. The summed E-state index contributed by atoms with van der Waals surface area (Å²) >= 11 is 2.79. The summed E-state index contributed by atoms with van der Waals surface area (Å²) in [6.45, 7) is 2.30. The van der Waals surface area contributed by atoms with Gasteiger partial charge in [0.15, 0.2) is 5.13 Å². The third-order valence-corrected chi connectivity index (χ3v) is 5.75. The van der Waals surface area contributed by atoms with E-state index in [1.54, 1.807) is 18.2 Å². The van der Waals surface area contributed by atoms with Crippen molar-refractivity contribution in [1.82, 2.24) is 4.98 Å². The fourth-order valence-corrected chi connectivity index (χ4v) is 4.29. The first-order valence-corrected chi connectivity index (χ1v) is 9.91. The number of halogens is 1. The van der Waals surface area contributed by atoms with E-state index < -0.39 is 0 Å². The number of nitrogens with one attached hydrogen (secondary N) is 1. The second-order valence-electron chi connectivity index (χ2n) is 6.01. The Labute approximate surface area is 163 Å². The van der Waals surface area contributed by atoms with Gasteiger partial charge in [0, 0.05) is 11.6 Å². The number of rotatable bonds is 5. The molecule has 0 spiro atoms. The number of carbonyl (C=O) groups is 1. The highest BCUT2D eigenvalue weighted by Gasteiger charge is 2.13. The summed E-state index contributed by atoms with van der Waals surface area (Å²) in [5, 5.41) is 5.28. The smallest absolute Gasteiger partial charge is 0.267 e. The van der Waals surface area contributed by atoms with Crippen LogP contribution in [-0.2, 0) is 6.61 Å². The molecule has 2 aromatic carbocycles. The van der Waals surface area contributed by atoms with Crippen LogP contribution in [0.5, 0.6) is 5.75 Å². The van der Waals surface area contributed by atoms with Gasteiger partial charge in [-0.3, -0.25) is 10.1 Å². The van der Waals surface area contributed by atoms with Crippen molar-refractivity contribution in [1.29, 1.82) is 0 Å². The number of nitrogens with zero attached hydrogens (tertiary/aromatic N) is 1. The van der Waals surface area contributed by atoms with Crippen molar-refractivity contribution in [2.24, 2.45) is 0 Å². The number of anilines is 1. The number of hydrogen-bond acceptors (Lipinski definition) is 5. The molecule has 1 amide bonds. The van der Waals surface area contributed by atoms with Gasteiger partial charge in [-0.15, -0.1) is 11.3 Å². The van der Waals surface area contributed by atoms with Gasteiger partial charge in [0.1, 0.15) is 18.2 Å². The van der Waals surface area contributed by atoms with Crippen LogP contribution in [0.4, 0.5) is 9.52 Å². The molecule has 0 bridgehead atoms. The van der Waals surface area contributed by atoms with E-state index >= 15 is 0 Å². The summed E-state index contributed by atoms with van der Waals surface area (Å²) in [6.07, 6.45) is 0. The number of thiazole rings is 1. The molecule has 0 radical (unpaired) electrons.